The summed E-state index contributed by atoms with van der Waals surface area (Å²) in [6, 6.07) is 5.95. The van der Waals surface area contributed by atoms with E-state index in [2.05, 4.69) is 13.2 Å². The van der Waals surface area contributed by atoms with E-state index in [1.165, 1.54) is 0 Å². The molecule has 3 aliphatic heterocycles. The quantitative estimate of drug-likeness (QED) is 0.331. The van der Waals surface area contributed by atoms with Crippen LogP contribution in [-0.4, -0.2) is 88.1 Å². The molecule has 224 valence electrons. The number of benzene rings is 1. The minimum absolute atomic E-state index is 0.0235. The molecule has 0 aromatic heterocycles. The third-order valence-corrected chi connectivity index (χ3v) is 10.7. The van der Waals surface area contributed by atoms with Gasteiger partial charge in [-0.3, -0.25) is 14.4 Å². The molecule has 3 fully saturated rings. The number of aliphatic hydroxyl groups is 1. The average molecular weight is 584 g/mol. The molecule has 0 radical (unpaired) electrons. The Morgan fingerprint density at radius 2 is 1.88 bits per heavy atom. The van der Waals surface area contributed by atoms with Crippen LogP contribution in [0.2, 0.25) is 0 Å². The van der Waals surface area contributed by atoms with Crippen LogP contribution >= 0.6 is 11.8 Å². The maximum absolute atomic E-state index is 14.7. The largest absolute Gasteiger partial charge is 0.497 e. The fourth-order valence-corrected chi connectivity index (χ4v) is 9.35. The summed E-state index contributed by atoms with van der Waals surface area (Å²) in [5, 5.41) is 10.5. The summed E-state index contributed by atoms with van der Waals surface area (Å²) in [7, 11) is 1.59. The summed E-state index contributed by atoms with van der Waals surface area (Å²) in [6.07, 6.45) is 6.22. The number of thioether (sulfide) groups is 1. The van der Waals surface area contributed by atoms with Gasteiger partial charge in [-0.25, -0.2) is 0 Å². The Bertz CT molecular complexity index is 1140. The Kier molecular flexibility index (Phi) is 9.90. The Morgan fingerprint density at radius 1 is 1.20 bits per heavy atom. The highest BCUT2D eigenvalue weighted by molar-refractivity contribution is 8.02. The van der Waals surface area contributed by atoms with E-state index in [9.17, 15) is 19.5 Å². The molecule has 2 unspecified atom stereocenters. The number of anilines is 1. The van der Waals surface area contributed by atoms with Crippen LogP contribution in [0.15, 0.2) is 49.6 Å². The third kappa shape index (κ3) is 5.55. The minimum Gasteiger partial charge on any atom is -0.497 e. The maximum atomic E-state index is 14.7. The summed E-state index contributed by atoms with van der Waals surface area (Å²) in [4.78, 5) is 48.4. The number of likely N-dealkylation sites (tertiary alicyclic amines) is 1. The lowest BCUT2D eigenvalue weighted by atomic mass is 9.70. The zero-order valence-corrected chi connectivity index (χ0v) is 25.6. The van der Waals surface area contributed by atoms with Crippen LogP contribution in [0.3, 0.4) is 0 Å². The molecule has 1 spiro atoms. The standard InChI is InChI=1S/C32H45N3O5S/c1-7-16-33(17-8-2)29(37)26-25-14-15-32(41-25)27(26)30(38)35(23(20-36)19-21(4)5)28(32)31(39)34(18-9-3)22-10-12-24(40-6)13-11-22/h7,9-13,21,23,25-28,36H,1,3,8,14-20H2,2,4-6H3/t23-,25-,26+,27+,28?,32?/m1/s1. The lowest BCUT2D eigenvalue weighted by Gasteiger charge is -2.40. The van der Waals surface area contributed by atoms with Crippen molar-refractivity contribution in [3.05, 3.63) is 49.6 Å². The van der Waals surface area contributed by atoms with Gasteiger partial charge in [0.1, 0.15) is 11.8 Å². The predicted octanol–water partition coefficient (Wildman–Crippen LogP) is 4.14. The number of ether oxygens (including phenoxy) is 1. The second kappa shape index (κ2) is 13.0. The fraction of sp³-hybridized carbons (Fsp3) is 0.594. The number of fused-ring (bicyclic) bond motifs is 1. The first-order valence-corrected chi connectivity index (χ1v) is 15.6. The highest BCUT2D eigenvalue weighted by atomic mass is 32.2. The lowest BCUT2D eigenvalue weighted by Crippen LogP contribution is -2.58. The second-order valence-corrected chi connectivity index (χ2v) is 13.4. The Hall–Kier alpha value is -2.78. The van der Waals surface area contributed by atoms with Crippen LogP contribution in [0.4, 0.5) is 5.69 Å². The molecule has 0 saturated carbocycles. The molecule has 2 bridgehead atoms. The number of nitrogens with zero attached hydrogens (tertiary/aromatic N) is 3. The van der Waals surface area contributed by atoms with Crippen molar-refractivity contribution >= 4 is 35.2 Å². The molecule has 9 heteroatoms. The summed E-state index contributed by atoms with van der Waals surface area (Å²) in [6.45, 7) is 14.9. The molecular formula is C32H45N3O5S. The first-order chi connectivity index (χ1) is 19.7. The fourth-order valence-electron chi connectivity index (χ4n) is 7.16. The molecule has 8 nitrogen and oxygen atoms in total. The SMILES string of the molecule is C=CCN(CCC)C(=O)[C@@H]1[C@H]2C(=O)N([C@@H](CO)CC(C)C)C(C(=O)N(CC=C)c3ccc(OC)cc3)C23CC[C@H]1S3. The van der Waals surface area contributed by atoms with Gasteiger partial charge >= 0.3 is 0 Å². The molecule has 4 rings (SSSR count). The predicted molar refractivity (Wildman–Crippen MR) is 164 cm³/mol. The average Bonchev–Trinajstić information content (AvgIpc) is 3.61. The topological polar surface area (TPSA) is 90.4 Å². The minimum atomic E-state index is -0.801. The number of amides is 3. The van der Waals surface area contributed by atoms with Crippen LogP contribution in [-0.2, 0) is 14.4 Å². The van der Waals surface area contributed by atoms with E-state index in [0.29, 0.717) is 37.4 Å². The number of hydrogen-bond acceptors (Lipinski definition) is 6. The van der Waals surface area contributed by atoms with Gasteiger partial charge in [0, 0.05) is 30.6 Å². The number of hydrogen-bond donors (Lipinski definition) is 1. The Morgan fingerprint density at radius 3 is 2.44 bits per heavy atom. The molecule has 3 amide bonds. The van der Waals surface area contributed by atoms with Crippen LogP contribution < -0.4 is 9.64 Å². The van der Waals surface area contributed by atoms with Crippen LogP contribution in [0.25, 0.3) is 0 Å². The maximum Gasteiger partial charge on any atom is 0.251 e. The number of aliphatic hydroxyl groups excluding tert-OH is 1. The van der Waals surface area contributed by atoms with Crippen molar-refractivity contribution in [2.24, 2.45) is 17.8 Å². The van der Waals surface area contributed by atoms with E-state index < -0.39 is 28.7 Å². The summed E-state index contributed by atoms with van der Waals surface area (Å²) >= 11 is 1.66. The van der Waals surface area contributed by atoms with Gasteiger partial charge < -0.3 is 24.5 Å². The molecule has 1 aromatic rings. The van der Waals surface area contributed by atoms with Gasteiger partial charge in [0.05, 0.1) is 36.3 Å². The van der Waals surface area contributed by atoms with Crippen LogP contribution in [0, 0.1) is 17.8 Å². The molecule has 3 saturated heterocycles. The van der Waals surface area contributed by atoms with Crippen molar-refractivity contribution in [2.75, 3.05) is 38.3 Å². The van der Waals surface area contributed by atoms with Crippen molar-refractivity contribution in [3.8, 4) is 5.75 Å². The highest BCUT2D eigenvalue weighted by Gasteiger charge is 2.74. The van der Waals surface area contributed by atoms with Crippen LogP contribution in [0.5, 0.6) is 5.75 Å². The molecule has 41 heavy (non-hydrogen) atoms. The smallest absolute Gasteiger partial charge is 0.251 e. The second-order valence-electron chi connectivity index (χ2n) is 11.8. The molecule has 6 atom stereocenters. The van der Waals surface area contributed by atoms with E-state index in [4.69, 9.17) is 4.74 Å². The first-order valence-electron chi connectivity index (χ1n) is 14.8. The van der Waals surface area contributed by atoms with E-state index in [1.54, 1.807) is 57.9 Å². The normalized spacial score (nSPS) is 27.1. The Labute approximate surface area is 248 Å². The van der Waals surface area contributed by atoms with E-state index in [1.807, 2.05) is 32.9 Å². The van der Waals surface area contributed by atoms with E-state index in [-0.39, 0.29) is 42.0 Å². The highest BCUT2D eigenvalue weighted by Crippen LogP contribution is 2.67. The van der Waals surface area contributed by atoms with Gasteiger partial charge in [0.15, 0.2) is 0 Å². The first kappa shape index (κ1) is 31.2. The summed E-state index contributed by atoms with van der Waals surface area (Å²) < 4.78 is 4.58. The van der Waals surface area contributed by atoms with Gasteiger partial charge in [0.25, 0.3) is 5.91 Å². The van der Waals surface area contributed by atoms with Gasteiger partial charge in [-0.1, -0.05) is 32.9 Å². The van der Waals surface area contributed by atoms with Gasteiger partial charge in [-0.15, -0.1) is 24.9 Å². The van der Waals surface area contributed by atoms with Gasteiger partial charge in [-0.05, 0) is 55.9 Å². The molecule has 1 N–H and O–H groups in total. The molecule has 1 aromatic carbocycles. The van der Waals surface area contributed by atoms with E-state index in [0.717, 1.165) is 12.8 Å². The zero-order chi connectivity index (χ0) is 29.9. The number of carbonyl (C=O) groups is 3. The monoisotopic (exact) mass is 583 g/mol. The van der Waals surface area contributed by atoms with Crippen molar-refractivity contribution in [1.29, 1.82) is 0 Å². The number of rotatable bonds is 14. The molecular weight excluding hydrogens is 538 g/mol. The Balaban J connectivity index is 1.81. The zero-order valence-electron chi connectivity index (χ0n) is 24.8. The third-order valence-electron chi connectivity index (χ3n) is 8.72. The van der Waals surface area contributed by atoms with E-state index >= 15 is 0 Å². The van der Waals surface area contributed by atoms with Gasteiger partial charge in [0.2, 0.25) is 11.8 Å². The van der Waals surface area contributed by atoms with Crippen molar-refractivity contribution < 1.29 is 24.2 Å². The van der Waals surface area contributed by atoms with Crippen molar-refractivity contribution in [2.45, 2.75) is 68.5 Å². The molecule has 3 aliphatic rings. The van der Waals surface area contributed by atoms with Gasteiger partial charge in [-0.2, -0.15) is 0 Å². The van der Waals surface area contributed by atoms with Crippen molar-refractivity contribution in [3.63, 3.8) is 0 Å². The van der Waals surface area contributed by atoms with Crippen LogP contribution in [0.1, 0.15) is 46.5 Å². The number of carbonyl (C=O) groups excluding carboxylic acids is 3. The summed E-state index contributed by atoms with van der Waals surface area (Å²) in [5.41, 5.74) is 0.678. The molecule has 0 aliphatic carbocycles. The lowest BCUT2D eigenvalue weighted by molar-refractivity contribution is -0.145. The number of methoxy groups -OCH3 is 1. The summed E-state index contributed by atoms with van der Waals surface area (Å²) in [5.74, 6) is -0.644. The molecule has 3 heterocycles. The van der Waals surface area contributed by atoms with Crippen molar-refractivity contribution in [1.82, 2.24) is 9.80 Å².